The van der Waals surface area contributed by atoms with Gasteiger partial charge < -0.3 is 19.4 Å². The summed E-state index contributed by atoms with van der Waals surface area (Å²) in [6.45, 7) is 6.37. The maximum absolute atomic E-state index is 12.8. The number of carbonyl (C=O) groups is 1. The van der Waals surface area contributed by atoms with E-state index in [-0.39, 0.29) is 11.7 Å². The van der Waals surface area contributed by atoms with Crippen LogP contribution in [0.3, 0.4) is 0 Å². The lowest BCUT2D eigenvalue weighted by atomic mass is 10.1. The van der Waals surface area contributed by atoms with Crippen LogP contribution in [0.4, 0.5) is 4.79 Å². The van der Waals surface area contributed by atoms with E-state index in [1.54, 1.807) is 18.1 Å². The first-order valence-electron chi connectivity index (χ1n) is 9.97. The number of aromatic nitrogens is 1. The molecule has 0 radical (unpaired) electrons. The molecule has 6 nitrogen and oxygen atoms in total. The van der Waals surface area contributed by atoms with Crippen LogP contribution in [0.25, 0.3) is 10.9 Å². The lowest BCUT2D eigenvalue weighted by Crippen LogP contribution is -2.37. The molecule has 0 aliphatic heterocycles. The summed E-state index contributed by atoms with van der Waals surface area (Å²) in [5, 5.41) is 0.977. The molecule has 0 fully saturated rings. The van der Waals surface area contributed by atoms with Crippen molar-refractivity contribution in [1.29, 1.82) is 0 Å². The second-order valence-electron chi connectivity index (χ2n) is 8.20. The maximum atomic E-state index is 12.8. The Morgan fingerprint density at radius 2 is 1.77 bits per heavy atom. The molecule has 3 aromatic rings. The first kappa shape index (κ1) is 21.4. The first-order chi connectivity index (χ1) is 14.2. The number of benzene rings is 2. The van der Waals surface area contributed by atoms with Crippen LogP contribution in [0.5, 0.6) is 5.75 Å². The fraction of sp³-hybridized carbons (Fsp3) is 0.333. The highest BCUT2D eigenvalue weighted by Crippen LogP contribution is 2.19. The predicted octanol–water partition coefficient (Wildman–Crippen LogP) is 4.52. The van der Waals surface area contributed by atoms with Crippen molar-refractivity contribution in [3.8, 4) is 5.75 Å². The Kier molecular flexibility index (Phi) is 6.45. The fourth-order valence-electron chi connectivity index (χ4n) is 3.25. The van der Waals surface area contributed by atoms with Crippen LogP contribution in [0.1, 0.15) is 31.9 Å². The fourth-order valence-corrected chi connectivity index (χ4v) is 3.25. The van der Waals surface area contributed by atoms with E-state index in [0.29, 0.717) is 19.5 Å². The van der Waals surface area contributed by atoms with Crippen LogP contribution in [-0.2, 0) is 17.7 Å². The summed E-state index contributed by atoms with van der Waals surface area (Å²) < 4.78 is 10.8. The molecule has 0 saturated heterocycles. The number of para-hydroxylation sites is 1. The average molecular weight is 408 g/mol. The van der Waals surface area contributed by atoms with E-state index < -0.39 is 5.60 Å². The van der Waals surface area contributed by atoms with E-state index >= 15 is 0 Å². The van der Waals surface area contributed by atoms with Crippen molar-refractivity contribution in [2.24, 2.45) is 0 Å². The number of ether oxygens (including phenoxy) is 2. The van der Waals surface area contributed by atoms with Gasteiger partial charge in [-0.1, -0.05) is 30.3 Å². The smallest absolute Gasteiger partial charge is 0.410 e. The molecule has 1 aromatic heterocycles. The molecule has 0 saturated carbocycles. The number of pyridine rings is 1. The van der Waals surface area contributed by atoms with Crippen molar-refractivity contribution >= 4 is 17.0 Å². The van der Waals surface area contributed by atoms with Gasteiger partial charge in [-0.2, -0.15) is 0 Å². The molecular formula is C24H28N2O4. The number of fused-ring (bicyclic) bond motifs is 1. The van der Waals surface area contributed by atoms with Gasteiger partial charge in [0.1, 0.15) is 11.4 Å². The van der Waals surface area contributed by atoms with Gasteiger partial charge in [0, 0.05) is 30.1 Å². The number of H-pyrrole nitrogens is 1. The summed E-state index contributed by atoms with van der Waals surface area (Å²) in [5.41, 5.74) is 1.92. The van der Waals surface area contributed by atoms with Crippen LogP contribution >= 0.6 is 0 Å². The molecule has 1 N–H and O–H groups in total. The molecule has 30 heavy (non-hydrogen) atoms. The van der Waals surface area contributed by atoms with E-state index in [1.807, 2.05) is 69.3 Å². The molecule has 0 spiro atoms. The first-order valence-corrected chi connectivity index (χ1v) is 9.97. The lowest BCUT2D eigenvalue weighted by Gasteiger charge is -2.27. The van der Waals surface area contributed by atoms with E-state index in [2.05, 4.69) is 4.98 Å². The highest BCUT2D eigenvalue weighted by Gasteiger charge is 2.22. The van der Waals surface area contributed by atoms with Gasteiger partial charge in [-0.05, 0) is 56.5 Å². The van der Waals surface area contributed by atoms with E-state index in [0.717, 1.165) is 27.8 Å². The summed E-state index contributed by atoms with van der Waals surface area (Å²) in [5.74, 6) is 0.762. The lowest BCUT2D eigenvalue weighted by molar-refractivity contribution is 0.0236. The Morgan fingerprint density at radius 1 is 1.07 bits per heavy atom. The van der Waals surface area contributed by atoms with Crippen molar-refractivity contribution in [2.75, 3.05) is 13.7 Å². The molecule has 0 aliphatic rings. The van der Waals surface area contributed by atoms with Gasteiger partial charge in [0.15, 0.2) is 0 Å². The number of nitrogens with zero attached hydrogens (tertiary/aromatic N) is 1. The highest BCUT2D eigenvalue weighted by molar-refractivity contribution is 5.81. The molecule has 2 aromatic carbocycles. The third-order valence-corrected chi connectivity index (χ3v) is 4.67. The highest BCUT2D eigenvalue weighted by atomic mass is 16.6. The van der Waals surface area contributed by atoms with Gasteiger partial charge in [0.25, 0.3) is 0 Å². The van der Waals surface area contributed by atoms with Gasteiger partial charge in [0.2, 0.25) is 5.56 Å². The zero-order chi connectivity index (χ0) is 21.7. The Balaban J connectivity index is 1.83. The summed E-state index contributed by atoms with van der Waals surface area (Å²) in [6.07, 6.45) is 0.160. The molecule has 6 heteroatoms. The Bertz CT molecular complexity index is 1060. The minimum absolute atomic E-state index is 0.150. The van der Waals surface area contributed by atoms with E-state index in [1.165, 1.54) is 0 Å². The number of methoxy groups -OCH3 is 1. The number of carbonyl (C=O) groups excluding carboxylic acids is 1. The zero-order valence-electron chi connectivity index (χ0n) is 17.9. The van der Waals surface area contributed by atoms with Crippen LogP contribution < -0.4 is 10.3 Å². The Labute approximate surface area is 176 Å². The third-order valence-electron chi connectivity index (χ3n) is 4.67. The predicted molar refractivity (Wildman–Crippen MR) is 118 cm³/mol. The zero-order valence-corrected chi connectivity index (χ0v) is 17.9. The SMILES string of the molecule is COc1ccc(CN(CCc2cc(=O)[nH]c3ccccc23)C(=O)OC(C)(C)C)cc1. The van der Waals surface area contributed by atoms with Crippen LogP contribution in [0, 0.1) is 0 Å². The molecule has 158 valence electrons. The molecule has 1 amide bonds. The minimum Gasteiger partial charge on any atom is -0.497 e. The molecule has 0 bridgehead atoms. The second kappa shape index (κ2) is 9.03. The Hall–Kier alpha value is -3.28. The standard InChI is InChI=1S/C24H28N2O4/c1-24(2,3)30-23(28)26(16-17-9-11-19(29-4)12-10-17)14-13-18-15-22(27)25-21-8-6-5-7-20(18)21/h5-12,15H,13-14,16H2,1-4H3,(H,25,27). The van der Waals surface area contributed by atoms with Gasteiger partial charge in [-0.3, -0.25) is 4.79 Å². The van der Waals surface area contributed by atoms with Crippen LogP contribution in [0.2, 0.25) is 0 Å². The van der Waals surface area contributed by atoms with Crippen molar-refractivity contribution in [3.63, 3.8) is 0 Å². The second-order valence-corrected chi connectivity index (χ2v) is 8.20. The van der Waals surface area contributed by atoms with E-state index in [4.69, 9.17) is 9.47 Å². The minimum atomic E-state index is -0.591. The summed E-state index contributed by atoms with van der Waals surface area (Å²) in [7, 11) is 1.62. The van der Waals surface area contributed by atoms with Crippen LogP contribution in [-0.4, -0.2) is 35.2 Å². The number of rotatable bonds is 6. The Morgan fingerprint density at radius 3 is 2.43 bits per heavy atom. The number of hydrogen-bond acceptors (Lipinski definition) is 4. The van der Waals surface area contributed by atoms with Crippen LogP contribution in [0.15, 0.2) is 59.4 Å². The van der Waals surface area contributed by atoms with Crippen molar-refractivity contribution in [1.82, 2.24) is 9.88 Å². The molecule has 3 rings (SSSR count). The van der Waals surface area contributed by atoms with Crippen molar-refractivity contribution in [2.45, 2.75) is 39.3 Å². The quantitative estimate of drug-likeness (QED) is 0.651. The maximum Gasteiger partial charge on any atom is 0.410 e. The summed E-state index contributed by atoms with van der Waals surface area (Å²) in [4.78, 5) is 29.4. The number of nitrogens with one attached hydrogen (secondary N) is 1. The van der Waals surface area contributed by atoms with Gasteiger partial charge in [-0.15, -0.1) is 0 Å². The monoisotopic (exact) mass is 408 g/mol. The van der Waals surface area contributed by atoms with Crippen molar-refractivity contribution < 1.29 is 14.3 Å². The van der Waals surface area contributed by atoms with Gasteiger partial charge >= 0.3 is 6.09 Å². The third kappa shape index (κ3) is 5.63. The molecular weight excluding hydrogens is 380 g/mol. The summed E-state index contributed by atoms with van der Waals surface area (Å²) >= 11 is 0. The normalized spacial score (nSPS) is 11.3. The topological polar surface area (TPSA) is 71.6 Å². The average Bonchev–Trinajstić information content (AvgIpc) is 2.69. The van der Waals surface area contributed by atoms with Gasteiger partial charge in [0.05, 0.1) is 7.11 Å². The summed E-state index contributed by atoms with van der Waals surface area (Å²) in [6, 6.07) is 16.9. The largest absolute Gasteiger partial charge is 0.497 e. The molecule has 0 unspecified atom stereocenters. The van der Waals surface area contributed by atoms with Gasteiger partial charge in [-0.25, -0.2) is 4.79 Å². The number of hydrogen-bond donors (Lipinski definition) is 1. The molecule has 1 heterocycles. The number of amides is 1. The van der Waals surface area contributed by atoms with Crippen molar-refractivity contribution in [3.05, 3.63) is 76.1 Å². The molecule has 0 atom stereocenters. The number of aromatic amines is 1. The van der Waals surface area contributed by atoms with E-state index in [9.17, 15) is 9.59 Å². The molecule has 0 aliphatic carbocycles.